The molecule has 4 rings (SSSR count). The third-order valence-corrected chi connectivity index (χ3v) is 5.47. The van der Waals surface area contributed by atoms with Crippen LogP contribution in [0.2, 0.25) is 0 Å². The summed E-state index contributed by atoms with van der Waals surface area (Å²) in [4.78, 5) is 12.1. The van der Waals surface area contributed by atoms with Crippen molar-refractivity contribution < 1.29 is 27.4 Å². The molecular formula is C28H23F3N2O3. The van der Waals surface area contributed by atoms with Crippen LogP contribution in [0, 0.1) is 0 Å². The molecule has 8 heteroatoms. The van der Waals surface area contributed by atoms with E-state index in [9.17, 15) is 18.0 Å². The molecular weight excluding hydrogens is 469 g/mol. The van der Waals surface area contributed by atoms with E-state index in [1.54, 1.807) is 18.2 Å². The quantitative estimate of drug-likeness (QED) is 0.238. The van der Waals surface area contributed by atoms with Crippen molar-refractivity contribution in [3.05, 3.63) is 107 Å². The Hall–Kier alpha value is -4.33. The highest BCUT2D eigenvalue weighted by Gasteiger charge is 2.30. The van der Waals surface area contributed by atoms with Crippen LogP contribution in [0.25, 0.3) is 10.8 Å². The van der Waals surface area contributed by atoms with E-state index in [0.717, 1.165) is 28.5 Å². The predicted molar refractivity (Wildman–Crippen MR) is 132 cm³/mol. The number of hydrogen-bond acceptors (Lipinski definition) is 4. The fourth-order valence-corrected chi connectivity index (χ4v) is 3.72. The van der Waals surface area contributed by atoms with Gasteiger partial charge in [-0.15, -0.1) is 0 Å². The molecule has 0 aromatic heterocycles. The summed E-state index contributed by atoms with van der Waals surface area (Å²) in [6.07, 6.45) is -3.28. The second kappa shape index (κ2) is 10.9. The van der Waals surface area contributed by atoms with Gasteiger partial charge in [0.15, 0.2) is 11.5 Å². The van der Waals surface area contributed by atoms with Crippen molar-refractivity contribution in [3.63, 3.8) is 0 Å². The van der Waals surface area contributed by atoms with Crippen molar-refractivity contribution >= 4 is 22.9 Å². The first-order valence-corrected chi connectivity index (χ1v) is 11.1. The summed E-state index contributed by atoms with van der Waals surface area (Å²) in [6, 6.07) is 24.0. The minimum Gasteiger partial charge on any atom is -0.493 e. The van der Waals surface area contributed by atoms with Gasteiger partial charge in [0.2, 0.25) is 5.91 Å². The second-order valence-electron chi connectivity index (χ2n) is 8.01. The molecule has 0 atom stereocenters. The summed E-state index contributed by atoms with van der Waals surface area (Å²) in [5.74, 6) is 0.512. The predicted octanol–water partition coefficient (Wildman–Crippen LogP) is 6.14. The zero-order valence-electron chi connectivity index (χ0n) is 19.4. The molecule has 0 heterocycles. The fraction of sp³-hybridized carbons (Fsp3) is 0.143. The van der Waals surface area contributed by atoms with Crippen molar-refractivity contribution in [2.75, 3.05) is 7.11 Å². The second-order valence-corrected chi connectivity index (χ2v) is 8.01. The minimum atomic E-state index is -4.46. The average Bonchev–Trinajstić information content (AvgIpc) is 2.87. The van der Waals surface area contributed by atoms with Gasteiger partial charge in [0.25, 0.3) is 0 Å². The average molecular weight is 492 g/mol. The molecule has 0 aliphatic rings. The highest BCUT2D eigenvalue weighted by atomic mass is 19.4. The van der Waals surface area contributed by atoms with Crippen LogP contribution in [0.4, 0.5) is 13.2 Å². The van der Waals surface area contributed by atoms with Gasteiger partial charge in [-0.05, 0) is 51.7 Å². The number of carbonyl (C=O) groups excluding carboxylic acids is 1. The Labute approximate surface area is 206 Å². The lowest BCUT2D eigenvalue weighted by molar-refractivity contribution is -0.137. The summed E-state index contributed by atoms with van der Waals surface area (Å²) >= 11 is 0. The largest absolute Gasteiger partial charge is 0.493 e. The molecule has 1 N–H and O–H groups in total. The van der Waals surface area contributed by atoms with Gasteiger partial charge in [-0.25, -0.2) is 5.43 Å². The van der Waals surface area contributed by atoms with E-state index in [-0.39, 0.29) is 12.0 Å². The molecule has 4 aromatic rings. The summed E-state index contributed by atoms with van der Waals surface area (Å²) in [7, 11) is 1.53. The van der Waals surface area contributed by atoms with Crippen LogP contribution in [-0.2, 0) is 24.0 Å². The Morgan fingerprint density at radius 3 is 2.53 bits per heavy atom. The number of nitrogens with zero attached hydrogens (tertiary/aromatic N) is 1. The Kier molecular flexibility index (Phi) is 7.53. The number of hydrogen-bond donors (Lipinski definition) is 1. The number of fused-ring (bicyclic) bond motifs is 1. The van der Waals surface area contributed by atoms with Gasteiger partial charge < -0.3 is 9.47 Å². The zero-order chi connectivity index (χ0) is 25.5. The Morgan fingerprint density at radius 2 is 1.72 bits per heavy atom. The zero-order valence-corrected chi connectivity index (χ0v) is 19.4. The highest BCUT2D eigenvalue weighted by Crippen LogP contribution is 2.30. The van der Waals surface area contributed by atoms with Crippen molar-refractivity contribution in [3.8, 4) is 11.5 Å². The van der Waals surface area contributed by atoms with Gasteiger partial charge in [-0.2, -0.15) is 18.3 Å². The fourth-order valence-electron chi connectivity index (χ4n) is 3.72. The molecule has 0 fully saturated rings. The van der Waals surface area contributed by atoms with E-state index in [1.165, 1.54) is 25.5 Å². The number of methoxy groups -OCH3 is 1. The lowest BCUT2D eigenvalue weighted by atomic mass is 10.1. The molecule has 0 saturated heterocycles. The molecule has 1 amide bonds. The van der Waals surface area contributed by atoms with Crippen LogP contribution < -0.4 is 14.9 Å². The number of benzene rings is 4. The number of rotatable bonds is 8. The van der Waals surface area contributed by atoms with Gasteiger partial charge in [0.1, 0.15) is 6.61 Å². The van der Waals surface area contributed by atoms with Gasteiger partial charge in [0.05, 0.1) is 25.3 Å². The normalized spacial score (nSPS) is 11.6. The lowest BCUT2D eigenvalue weighted by Crippen LogP contribution is -2.20. The maximum Gasteiger partial charge on any atom is 0.416 e. The van der Waals surface area contributed by atoms with Gasteiger partial charge >= 0.3 is 6.18 Å². The van der Waals surface area contributed by atoms with Crippen molar-refractivity contribution in [2.24, 2.45) is 5.10 Å². The first-order valence-electron chi connectivity index (χ1n) is 11.1. The van der Waals surface area contributed by atoms with Crippen molar-refractivity contribution in [1.29, 1.82) is 0 Å². The summed E-state index contributed by atoms with van der Waals surface area (Å²) in [6.45, 7) is 0.358. The maximum absolute atomic E-state index is 12.8. The van der Waals surface area contributed by atoms with Gasteiger partial charge in [0, 0.05) is 0 Å². The van der Waals surface area contributed by atoms with Gasteiger partial charge in [-0.3, -0.25) is 4.79 Å². The number of halogens is 3. The third-order valence-electron chi connectivity index (χ3n) is 5.47. The van der Waals surface area contributed by atoms with E-state index >= 15 is 0 Å². The van der Waals surface area contributed by atoms with Crippen molar-refractivity contribution in [2.45, 2.75) is 19.2 Å². The van der Waals surface area contributed by atoms with Gasteiger partial charge in [-0.1, -0.05) is 60.7 Å². The molecule has 0 aliphatic heterocycles. The third kappa shape index (κ3) is 6.21. The Balaban J connectivity index is 1.37. The number of carbonyl (C=O) groups is 1. The van der Waals surface area contributed by atoms with E-state index in [0.29, 0.717) is 23.7 Å². The van der Waals surface area contributed by atoms with E-state index < -0.39 is 17.6 Å². The van der Waals surface area contributed by atoms with Crippen LogP contribution in [-0.4, -0.2) is 19.2 Å². The topological polar surface area (TPSA) is 59.9 Å². The molecule has 5 nitrogen and oxygen atoms in total. The number of ether oxygens (including phenoxy) is 2. The smallest absolute Gasteiger partial charge is 0.416 e. The van der Waals surface area contributed by atoms with Crippen LogP contribution in [0.5, 0.6) is 11.5 Å². The first-order chi connectivity index (χ1) is 17.3. The molecule has 0 saturated carbocycles. The summed E-state index contributed by atoms with van der Waals surface area (Å²) in [5.41, 5.74) is 3.46. The molecule has 36 heavy (non-hydrogen) atoms. The van der Waals surface area contributed by atoms with E-state index in [1.807, 2.05) is 42.5 Å². The van der Waals surface area contributed by atoms with Crippen LogP contribution in [0.15, 0.2) is 90.0 Å². The highest BCUT2D eigenvalue weighted by molar-refractivity contribution is 5.86. The SMILES string of the molecule is COc1cc(/C=N\NC(=O)Cc2cccc(C(F)(F)F)c2)ccc1OCc1cccc2ccccc12. The minimum absolute atomic E-state index is 0.231. The monoisotopic (exact) mass is 492 g/mol. The van der Waals surface area contributed by atoms with E-state index in [4.69, 9.17) is 9.47 Å². The maximum atomic E-state index is 12.8. The lowest BCUT2D eigenvalue weighted by Gasteiger charge is -2.12. The first kappa shape index (κ1) is 24.8. The molecule has 0 bridgehead atoms. The number of alkyl halides is 3. The molecule has 0 radical (unpaired) electrons. The molecule has 4 aromatic carbocycles. The Morgan fingerprint density at radius 1 is 0.944 bits per heavy atom. The van der Waals surface area contributed by atoms with Crippen molar-refractivity contribution in [1.82, 2.24) is 5.43 Å². The van der Waals surface area contributed by atoms with Crippen LogP contribution in [0.1, 0.15) is 22.3 Å². The summed E-state index contributed by atoms with van der Waals surface area (Å²) in [5, 5.41) is 6.14. The molecule has 184 valence electrons. The number of amides is 1. The number of nitrogens with one attached hydrogen (secondary N) is 1. The number of hydrazone groups is 1. The molecule has 0 aliphatic carbocycles. The standard InChI is InChI=1S/C28H23F3N2O3/c1-35-26-15-20(17-32-33-27(34)16-19-6-4-10-23(14-19)28(29,30)31)12-13-25(26)36-18-22-9-5-8-21-7-2-3-11-24(21)22/h2-15,17H,16,18H2,1H3,(H,33,34)/b32-17-. The Bertz CT molecular complexity index is 1400. The van der Waals surface area contributed by atoms with Crippen LogP contribution in [0.3, 0.4) is 0 Å². The molecule has 0 spiro atoms. The van der Waals surface area contributed by atoms with E-state index in [2.05, 4.69) is 10.5 Å². The molecule has 0 unspecified atom stereocenters. The summed E-state index contributed by atoms with van der Waals surface area (Å²) < 4.78 is 50.0. The van der Waals surface area contributed by atoms with Crippen LogP contribution >= 0.6 is 0 Å².